The predicted octanol–water partition coefficient (Wildman–Crippen LogP) is 1.56. The van der Waals surface area contributed by atoms with E-state index in [1.165, 1.54) is 10.9 Å². The maximum absolute atomic E-state index is 11.9. The number of rotatable bonds is 6. The van der Waals surface area contributed by atoms with Gasteiger partial charge in [0.1, 0.15) is 5.02 Å². The van der Waals surface area contributed by atoms with Gasteiger partial charge in [-0.2, -0.15) is 5.10 Å². The number of nitrogens with zero attached hydrogens (tertiary/aromatic N) is 2. The molecule has 0 spiro atoms. The molecule has 6 nitrogen and oxygen atoms in total. The average Bonchev–Trinajstić information content (AvgIpc) is 3.18. The number of hydrogen-bond acceptors (Lipinski definition) is 4. The average molecular weight is 299 g/mol. The van der Waals surface area contributed by atoms with Gasteiger partial charge in [0, 0.05) is 19.0 Å². The Kier molecular flexibility index (Phi) is 4.65. The van der Waals surface area contributed by atoms with Crippen molar-refractivity contribution in [2.45, 2.75) is 45.2 Å². The van der Waals surface area contributed by atoms with Gasteiger partial charge in [-0.1, -0.05) is 11.6 Å². The molecule has 0 atom stereocenters. The predicted molar refractivity (Wildman–Crippen MR) is 78.2 cm³/mol. The second kappa shape index (κ2) is 6.26. The molecule has 2 N–H and O–H groups in total. The molecule has 0 radical (unpaired) electrons. The zero-order valence-electron chi connectivity index (χ0n) is 11.6. The number of carbonyl (C=O) groups is 1. The lowest BCUT2D eigenvalue weighted by molar-refractivity contribution is -0.120. The maximum atomic E-state index is 11.9. The highest BCUT2D eigenvalue weighted by molar-refractivity contribution is 6.32. The van der Waals surface area contributed by atoms with Crippen LogP contribution in [0.4, 0.5) is 5.69 Å². The first-order valence-corrected chi connectivity index (χ1v) is 7.17. The van der Waals surface area contributed by atoms with E-state index < -0.39 is 0 Å². The van der Waals surface area contributed by atoms with Crippen LogP contribution in [0.5, 0.6) is 0 Å². The molecule has 0 saturated heterocycles. The molecule has 1 aromatic heterocycles. The fraction of sp³-hybridized carbons (Fsp3) is 0.615. The van der Waals surface area contributed by atoms with E-state index in [1.807, 2.05) is 13.8 Å². The van der Waals surface area contributed by atoms with Gasteiger partial charge < -0.3 is 10.6 Å². The van der Waals surface area contributed by atoms with Gasteiger partial charge in [-0.25, -0.2) is 4.68 Å². The van der Waals surface area contributed by atoms with E-state index >= 15 is 0 Å². The van der Waals surface area contributed by atoms with E-state index in [9.17, 15) is 9.59 Å². The monoisotopic (exact) mass is 298 g/mol. The lowest BCUT2D eigenvalue weighted by Crippen LogP contribution is -2.28. The van der Waals surface area contributed by atoms with Crippen molar-refractivity contribution in [2.75, 3.05) is 11.9 Å². The summed E-state index contributed by atoms with van der Waals surface area (Å²) in [7, 11) is 0. The van der Waals surface area contributed by atoms with Crippen LogP contribution in [0.25, 0.3) is 0 Å². The van der Waals surface area contributed by atoms with Crippen LogP contribution in [-0.4, -0.2) is 28.3 Å². The SMILES string of the molecule is CC(C)n1ncc(NCCC(=O)NC2CC2)c(Cl)c1=O. The number of amides is 1. The molecule has 1 amide bonds. The molecule has 0 aromatic carbocycles. The van der Waals surface area contributed by atoms with Crippen LogP contribution in [0, 0.1) is 0 Å². The third kappa shape index (κ3) is 3.72. The zero-order chi connectivity index (χ0) is 14.7. The number of halogens is 1. The molecule has 0 aliphatic heterocycles. The Hall–Kier alpha value is -1.56. The van der Waals surface area contributed by atoms with E-state index in [-0.39, 0.29) is 22.5 Å². The molecule has 1 aliphatic carbocycles. The van der Waals surface area contributed by atoms with Crippen molar-refractivity contribution < 1.29 is 4.79 Å². The lowest BCUT2D eigenvalue weighted by Gasteiger charge is -2.12. The molecule has 7 heteroatoms. The van der Waals surface area contributed by atoms with E-state index in [1.54, 1.807) is 0 Å². The molecule has 1 aromatic rings. The molecule has 1 heterocycles. The summed E-state index contributed by atoms with van der Waals surface area (Å²) in [6.45, 7) is 4.14. The van der Waals surface area contributed by atoms with Gasteiger partial charge in [-0.05, 0) is 26.7 Å². The van der Waals surface area contributed by atoms with Gasteiger partial charge in [0.15, 0.2) is 0 Å². The third-order valence-corrected chi connectivity index (χ3v) is 3.41. The van der Waals surface area contributed by atoms with Crippen molar-refractivity contribution in [3.05, 3.63) is 21.6 Å². The largest absolute Gasteiger partial charge is 0.382 e. The molecule has 1 saturated carbocycles. The molecular formula is C13H19ClN4O2. The van der Waals surface area contributed by atoms with E-state index in [0.29, 0.717) is 24.7 Å². The molecule has 2 rings (SSSR count). The van der Waals surface area contributed by atoms with Crippen LogP contribution in [0.3, 0.4) is 0 Å². The molecule has 0 bridgehead atoms. The summed E-state index contributed by atoms with van der Waals surface area (Å²) in [5.74, 6) is 0.0135. The minimum atomic E-state index is -0.325. The highest BCUT2D eigenvalue weighted by Gasteiger charge is 2.22. The second-order valence-electron chi connectivity index (χ2n) is 5.23. The second-order valence-corrected chi connectivity index (χ2v) is 5.61. The topological polar surface area (TPSA) is 76.0 Å². The molecule has 0 unspecified atom stereocenters. The van der Waals surface area contributed by atoms with Crippen LogP contribution < -0.4 is 16.2 Å². The van der Waals surface area contributed by atoms with Crippen molar-refractivity contribution in [2.24, 2.45) is 0 Å². The Bertz CT molecular complexity index is 552. The van der Waals surface area contributed by atoms with Gasteiger partial charge in [0.2, 0.25) is 5.91 Å². The molecule has 1 aliphatic rings. The van der Waals surface area contributed by atoms with Crippen LogP contribution in [-0.2, 0) is 4.79 Å². The Balaban J connectivity index is 1.91. The Morgan fingerprint density at radius 3 is 2.85 bits per heavy atom. The van der Waals surface area contributed by atoms with E-state index in [4.69, 9.17) is 11.6 Å². The van der Waals surface area contributed by atoms with Gasteiger partial charge in [0.25, 0.3) is 5.56 Å². The summed E-state index contributed by atoms with van der Waals surface area (Å²) in [6, 6.07) is 0.320. The van der Waals surface area contributed by atoms with E-state index in [0.717, 1.165) is 12.8 Å². The van der Waals surface area contributed by atoms with Gasteiger partial charge in [-0.15, -0.1) is 0 Å². The molecular weight excluding hydrogens is 280 g/mol. The number of aromatic nitrogens is 2. The number of hydrogen-bond donors (Lipinski definition) is 2. The Morgan fingerprint density at radius 2 is 2.25 bits per heavy atom. The Morgan fingerprint density at radius 1 is 1.55 bits per heavy atom. The van der Waals surface area contributed by atoms with Gasteiger partial charge >= 0.3 is 0 Å². The zero-order valence-corrected chi connectivity index (χ0v) is 12.4. The van der Waals surface area contributed by atoms with Gasteiger partial charge in [-0.3, -0.25) is 9.59 Å². The van der Waals surface area contributed by atoms with Crippen molar-refractivity contribution in [3.8, 4) is 0 Å². The fourth-order valence-electron chi connectivity index (χ4n) is 1.77. The molecule has 1 fully saturated rings. The van der Waals surface area contributed by atoms with Gasteiger partial charge in [0.05, 0.1) is 17.9 Å². The van der Waals surface area contributed by atoms with Crippen molar-refractivity contribution in [1.82, 2.24) is 15.1 Å². The fourth-order valence-corrected chi connectivity index (χ4v) is 1.98. The number of nitrogens with one attached hydrogen (secondary N) is 2. The minimum Gasteiger partial charge on any atom is -0.382 e. The highest BCUT2D eigenvalue weighted by atomic mass is 35.5. The third-order valence-electron chi connectivity index (χ3n) is 3.04. The highest BCUT2D eigenvalue weighted by Crippen LogP contribution is 2.19. The summed E-state index contributed by atoms with van der Waals surface area (Å²) < 4.78 is 1.33. The Labute approximate surface area is 122 Å². The first kappa shape index (κ1) is 14.8. The first-order chi connectivity index (χ1) is 9.49. The maximum Gasteiger partial charge on any atom is 0.287 e. The van der Waals surface area contributed by atoms with Crippen molar-refractivity contribution >= 4 is 23.2 Å². The number of anilines is 1. The smallest absolute Gasteiger partial charge is 0.287 e. The summed E-state index contributed by atoms with van der Waals surface area (Å²) in [4.78, 5) is 23.4. The van der Waals surface area contributed by atoms with Crippen molar-refractivity contribution in [1.29, 1.82) is 0 Å². The normalized spacial score (nSPS) is 14.4. The van der Waals surface area contributed by atoms with E-state index in [2.05, 4.69) is 15.7 Å². The van der Waals surface area contributed by atoms with Crippen LogP contribution in [0.15, 0.2) is 11.0 Å². The van der Waals surface area contributed by atoms with Crippen LogP contribution in [0.1, 0.15) is 39.2 Å². The summed E-state index contributed by atoms with van der Waals surface area (Å²) in [5, 5.41) is 10.0. The standard InChI is InChI=1S/C13H19ClN4O2/c1-8(2)18-13(20)12(14)10(7-16-18)15-6-5-11(19)17-9-3-4-9/h7-9,15H,3-6H2,1-2H3,(H,17,19). The molecule has 20 heavy (non-hydrogen) atoms. The van der Waals surface area contributed by atoms with Crippen molar-refractivity contribution in [3.63, 3.8) is 0 Å². The quantitative estimate of drug-likeness (QED) is 0.835. The lowest BCUT2D eigenvalue weighted by atomic mass is 10.3. The summed E-state index contributed by atoms with van der Waals surface area (Å²) >= 11 is 6.02. The summed E-state index contributed by atoms with van der Waals surface area (Å²) in [6.07, 6.45) is 4.01. The van der Waals surface area contributed by atoms with Crippen LogP contribution >= 0.6 is 11.6 Å². The minimum absolute atomic E-state index is 0.0135. The van der Waals surface area contributed by atoms with Crippen LogP contribution in [0.2, 0.25) is 5.02 Å². The molecule has 110 valence electrons. The first-order valence-electron chi connectivity index (χ1n) is 6.79. The summed E-state index contributed by atoms with van der Waals surface area (Å²) in [5.41, 5.74) is 0.141. The number of carbonyl (C=O) groups excluding carboxylic acids is 1.